The van der Waals surface area contributed by atoms with Crippen molar-refractivity contribution in [2.45, 2.75) is 50.5 Å². The van der Waals surface area contributed by atoms with E-state index in [2.05, 4.69) is 9.80 Å². The Bertz CT molecular complexity index is 1320. The molecule has 47 heavy (non-hydrogen) atoms. The van der Waals surface area contributed by atoms with Crippen molar-refractivity contribution in [2.24, 2.45) is 0 Å². The van der Waals surface area contributed by atoms with E-state index in [1.807, 2.05) is 121 Å². The standard InChI is InChI=1S/C40H48N2O5/c1-7-19-35(20-8-1)39(45-37-23-11-3-12-24-37,43-33-31-41-27-15-5-16-28-41)47-40(36-21-9-2-10-22-36,46-38-25-13-4-14-26-38)44-34-32-42-29-17-6-18-30-42/h1-4,7-14,19-26H,5-6,15-18,27-34H2. The van der Waals surface area contributed by atoms with Crippen LogP contribution in [0.25, 0.3) is 0 Å². The fraction of sp³-hybridized carbons (Fsp3) is 0.400. The Labute approximate surface area is 280 Å². The van der Waals surface area contributed by atoms with Crippen LogP contribution in [-0.4, -0.2) is 62.3 Å². The molecule has 0 spiro atoms. The van der Waals surface area contributed by atoms with E-state index in [1.54, 1.807) is 0 Å². The van der Waals surface area contributed by atoms with Gasteiger partial charge in [-0.15, -0.1) is 0 Å². The minimum absolute atomic E-state index is 0.381. The highest BCUT2D eigenvalue weighted by Gasteiger charge is 2.51. The van der Waals surface area contributed by atoms with Gasteiger partial charge in [-0.05, 0) is 100 Å². The van der Waals surface area contributed by atoms with Crippen molar-refractivity contribution in [3.63, 3.8) is 0 Å². The van der Waals surface area contributed by atoms with Gasteiger partial charge in [0.05, 0.1) is 24.3 Å². The number of benzene rings is 4. The third-order valence-corrected chi connectivity index (χ3v) is 8.81. The molecule has 0 amide bonds. The summed E-state index contributed by atoms with van der Waals surface area (Å²) in [7, 11) is 0. The lowest BCUT2D eigenvalue weighted by Gasteiger charge is -2.43. The van der Waals surface area contributed by atoms with Crippen LogP contribution in [0.15, 0.2) is 121 Å². The maximum Gasteiger partial charge on any atom is 0.361 e. The molecule has 2 saturated heterocycles. The van der Waals surface area contributed by atoms with Crippen LogP contribution in [0.5, 0.6) is 11.5 Å². The molecule has 2 atom stereocenters. The zero-order valence-electron chi connectivity index (χ0n) is 27.4. The highest BCUT2D eigenvalue weighted by molar-refractivity contribution is 5.28. The van der Waals surface area contributed by atoms with Crippen LogP contribution in [0, 0.1) is 0 Å². The highest BCUT2D eigenvalue weighted by atomic mass is 17.0. The lowest BCUT2D eigenvalue weighted by Crippen LogP contribution is -2.52. The first-order valence-corrected chi connectivity index (χ1v) is 17.3. The van der Waals surface area contributed by atoms with Gasteiger partial charge in [0.15, 0.2) is 0 Å². The normalized spacial score (nSPS) is 18.6. The summed E-state index contributed by atoms with van der Waals surface area (Å²) < 4.78 is 34.7. The molecular weight excluding hydrogens is 588 g/mol. The second-order valence-corrected chi connectivity index (χ2v) is 12.3. The van der Waals surface area contributed by atoms with Crippen molar-refractivity contribution in [3.8, 4) is 11.5 Å². The predicted molar refractivity (Wildman–Crippen MR) is 184 cm³/mol. The Morgan fingerprint density at radius 3 is 1.13 bits per heavy atom. The zero-order valence-corrected chi connectivity index (χ0v) is 27.4. The first kappa shape index (κ1) is 33.2. The van der Waals surface area contributed by atoms with Gasteiger partial charge in [-0.1, -0.05) is 85.6 Å². The number of hydrogen-bond donors (Lipinski definition) is 0. The monoisotopic (exact) mass is 636 g/mol. The molecule has 0 aliphatic carbocycles. The predicted octanol–water partition coefficient (Wildman–Crippen LogP) is 7.79. The van der Waals surface area contributed by atoms with Gasteiger partial charge in [0.1, 0.15) is 11.5 Å². The molecule has 0 radical (unpaired) electrons. The van der Waals surface area contributed by atoms with E-state index in [9.17, 15) is 0 Å². The maximum absolute atomic E-state index is 7.26. The number of para-hydroxylation sites is 2. The van der Waals surface area contributed by atoms with Crippen molar-refractivity contribution in [1.29, 1.82) is 0 Å². The quantitative estimate of drug-likeness (QED) is 0.116. The fourth-order valence-electron chi connectivity index (χ4n) is 6.29. The number of ether oxygens (including phenoxy) is 5. The molecule has 2 heterocycles. The third-order valence-electron chi connectivity index (χ3n) is 8.81. The van der Waals surface area contributed by atoms with Crippen molar-refractivity contribution in [2.75, 3.05) is 52.5 Å². The lowest BCUT2D eigenvalue weighted by atomic mass is 10.1. The minimum Gasteiger partial charge on any atom is -0.435 e. The van der Waals surface area contributed by atoms with Gasteiger partial charge < -0.3 is 28.7 Å². The van der Waals surface area contributed by atoms with Gasteiger partial charge >= 0.3 is 11.9 Å². The van der Waals surface area contributed by atoms with Crippen LogP contribution in [0.4, 0.5) is 0 Å². The second kappa shape index (κ2) is 16.9. The van der Waals surface area contributed by atoms with Gasteiger partial charge in [-0.3, -0.25) is 0 Å². The van der Waals surface area contributed by atoms with Gasteiger partial charge in [0.25, 0.3) is 0 Å². The third kappa shape index (κ3) is 9.21. The topological polar surface area (TPSA) is 52.6 Å². The molecule has 2 aliphatic heterocycles. The van der Waals surface area contributed by atoms with Crippen LogP contribution in [-0.2, 0) is 26.2 Å². The van der Waals surface area contributed by atoms with Crippen LogP contribution in [0.2, 0.25) is 0 Å². The molecule has 2 aliphatic rings. The number of likely N-dealkylation sites (tertiary alicyclic amines) is 2. The summed E-state index contributed by atoms with van der Waals surface area (Å²) in [6.45, 7) is 6.52. The smallest absolute Gasteiger partial charge is 0.361 e. The molecule has 2 unspecified atom stereocenters. The average molecular weight is 637 g/mol. The van der Waals surface area contributed by atoms with Crippen molar-refractivity contribution in [3.05, 3.63) is 132 Å². The summed E-state index contributed by atoms with van der Waals surface area (Å²) in [5, 5.41) is 0. The maximum atomic E-state index is 7.26. The van der Waals surface area contributed by atoms with Crippen molar-refractivity contribution < 1.29 is 23.7 Å². The Balaban J connectivity index is 1.42. The van der Waals surface area contributed by atoms with Gasteiger partial charge in [-0.25, -0.2) is 4.74 Å². The van der Waals surface area contributed by atoms with Crippen LogP contribution in [0.1, 0.15) is 49.7 Å². The van der Waals surface area contributed by atoms with Crippen molar-refractivity contribution >= 4 is 0 Å². The molecule has 0 bridgehead atoms. The first-order valence-electron chi connectivity index (χ1n) is 17.3. The van der Waals surface area contributed by atoms with Crippen molar-refractivity contribution in [1.82, 2.24) is 9.80 Å². The molecule has 4 aromatic rings. The van der Waals surface area contributed by atoms with Gasteiger partial charge in [0.2, 0.25) is 0 Å². The summed E-state index contributed by atoms with van der Waals surface area (Å²) in [6.07, 6.45) is 7.36. The largest absolute Gasteiger partial charge is 0.435 e. The Kier molecular flexibility index (Phi) is 11.9. The van der Waals surface area contributed by atoms with E-state index in [-0.39, 0.29) is 0 Å². The number of nitrogens with zero attached hydrogens (tertiary/aromatic N) is 2. The summed E-state index contributed by atoms with van der Waals surface area (Å²) in [5.41, 5.74) is 1.39. The van der Waals surface area contributed by atoms with Crippen LogP contribution in [0.3, 0.4) is 0 Å². The van der Waals surface area contributed by atoms with Gasteiger partial charge in [0, 0.05) is 13.1 Å². The molecule has 7 nitrogen and oxygen atoms in total. The Morgan fingerprint density at radius 2 is 0.766 bits per heavy atom. The van der Waals surface area contributed by atoms with Crippen LogP contribution >= 0.6 is 0 Å². The first-order chi connectivity index (χ1) is 23.2. The lowest BCUT2D eigenvalue weighted by molar-refractivity contribution is -0.488. The fourth-order valence-corrected chi connectivity index (χ4v) is 6.29. The summed E-state index contributed by atoms with van der Waals surface area (Å²) >= 11 is 0. The molecule has 0 aromatic heterocycles. The van der Waals surface area contributed by atoms with E-state index >= 15 is 0 Å². The highest BCUT2D eigenvalue weighted by Crippen LogP contribution is 2.41. The molecule has 248 valence electrons. The Morgan fingerprint density at radius 1 is 0.426 bits per heavy atom. The molecule has 0 N–H and O–H groups in total. The van der Waals surface area contributed by atoms with E-state index in [1.165, 1.54) is 38.5 Å². The summed E-state index contributed by atoms with van der Waals surface area (Å²) in [6, 6.07) is 39.0. The molecule has 7 heteroatoms. The van der Waals surface area contributed by atoms with Crippen LogP contribution < -0.4 is 9.47 Å². The zero-order chi connectivity index (χ0) is 32.0. The average Bonchev–Trinajstić information content (AvgIpc) is 3.14. The van der Waals surface area contributed by atoms with E-state index in [4.69, 9.17) is 23.7 Å². The molecule has 2 fully saturated rings. The van der Waals surface area contributed by atoms with Gasteiger partial charge in [-0.2, -0.15) is 0 Å². The molecule has 0 saturated carbocycles. The molecule has 6 rings (SSSR count). The number of hydrogen-bond acceptors (Lipinski definition) is 7. The van der Waals surface area contributed by atoms with E-state index in [0.717, 1.165) is 39.3 Å². The summed E-state index contributed by atoms with van der Waals surface area (Å²) in [5.74, 6) is -2.25. The SMILES string of the molecule is c1ccc(OC(OCCN2CCCCC2)(OC(OCCN2CCCCC2)(Oc2ccccc2)c2ccccc2)c2ccccc2)cc1. The second-order valence-electron chi connectivity index (χ2n) is 12.3. The molecule has 4 aromatic carbocycles. The van der Waals surface area contributed by atoms with E-state index in [0.29, 0.717) is 35.8 Å². The summed E-state index contributed by atoms with van der Waals surface area (Å²) in [4.78, 5) is 4.89. The Hall–Kier alpha value is -3.72. The minimum atomic E-state index is -1.73. The number of piperidine rings is 2. The molecular formula is C40H48N2O5. The number of rotatable bonds is 16. The van der Waals surface area contributed by atoms with E-state index < -0.39 is 11.9 Å².